The first-order chi connectivity index (χ1) is 11.4. The number of carbonyl (C=O) groups is 1. The lowest BCUT2D eigenvalue weighted by Gasteiger charge is -2.27. The van der Waals surface area contributed by atoms with Gasteiger partial charge < -0.3 is 14.4 Å². The lowest BCUT2D eigenvalue weighted by atomic mass is 10.1. The molecule has 0 unspecified atom stereocenters. The second kappa shape index (κ2) is 6.30. The molecule has 1 atom stereocenters. The van der Waals surface area contributed by atoms with E-state index in [4.69, 9.17) is 9.47 Å². The summed E-state index contributed by atoms with van der Waals surface area (Å²) in [5, 5.41) is 1.04. The molecule has 5 nitrogen and oxygen atoms in total. The summed E-state index contributed by atoms with van der Waals surface area (Å²) in [6.07, 6.45) is 2.23. The van der Waals surface area contributed by atoms with Crippen LogP contribution in [0.1, 0.15) is 39.7 Å². The minimum atomic E-state index is -0.512. The van der Waals surface area contributed by atoms with Crippen molar-refractivity contribution in [3.05, 3.63) is 36.0 Å². The first-order valence-electron chi connectivity index (χ1n) is 8.38. The number of pyridine rings is 1. The van der Waals surface area contributed by atoms with Gasteiger partial charge in [0.15, 0.2) is 0 Å². The highest BCUT2D eigenvalue weighted by atomic mass is 16.6. The van der Waals surface area contributed by atoms with Gasteiger partial charge in [-0.15, -0.1) is 0 Å². The molecule has 1 aromatic heterocycles. The summed E-state index contributed by atoms with van der Waals surface area (Å²) in [5.41, 5.74) is 1.37. The second-order valence-corrected chi connectivity index (χ2v) is 7.17. The first kappa shape index (κ1) is 16.6. The average molecular weight is 328 g/mol. The Bertz CT molecular complexity index is 752. The van der Waals surface area contributed by atoms with E-state index in [1.165, 1.54) is 0 Å². The fraction of sp³-hybridized carbons (Fsp3) is 0.474. The molecule has 0 fully saturated rings. The fourth-order valence-corrected chi connectivity index (χ4v) is 2.79. The molecule has 1 aliphatic heterocycles. The van der Waals surface area contributed by atoms with Gasteiger partial charge in [-0.1, -0.05) is 13.0 Å². The number of hydrogen-bond donors (Lipinski definition) is 0. The molecule has 0 saturated carbocycles. The summed E-state index contributed by atoms with van der Waals surface area (Å²) >= 11 is 0. The molecule has 0 radical (unpaired) electrons. The first-order valence-corrected chi connectivity index (χ1v) is 8.38. The molecule has 24 heavy (non-hydrogen) atoms. The highest BCUT2D eigenvalue weighted by Crippen LogP contribution is 2.30. The topological polar surface area (TPSA) is 51.7 Å². The third kappa shape index (κ3) is 3.61. The van der Waals surface area contributed by atoms with E-state index < -0.39 is 5.60 Å². The second-order valence-electron chi connectivity index (χ2n) is 7.17. The Morgan fingerprint density at radius 3 is 2.92 bits per heavy atom. The van der Waals surface area contributed by atoms with Crippen molar-refractivity contribution in [1.82, 2.24) is 9.88 Å². The zero-order valence-corrected chi connectivity index (χ0v) is 14.7. The number of rotatable bonds is 1. The van der Waals surface area contributed by atoms with Gasteiger partial charge in [-0.3, -0.25) is 4.98 Å². The molecular weight excluding hydrogens is 304 g/mol. The third-order valence-electron chi connectivity index (χ3n) is 3.97. The maximum atomic E-state index is 12.5. The summed E-state index contributed by atoms with van der Waals surface area (Å²) in [7, 11) is 0. The summed E-state index contributed by atoms with van der Waals surface area (Å²) in [6, 6.07) is 7.94. The van der Waals surface area contributed by atoms with Crippen molar-refractivity contribution in [2.45, 2.75) is 52.4 Å². The van der Waals surface area contributed by atoms with E-state index in [0.717, 1.165) is 28.6 Å². The van der Waals surface area contributed by atoms with E-state index in [9.17, 15) is 4.79 Å². The number of fused-ring (bicyclic) bond motifs is 2. The largest absolute Gasteiger partial charge is 0.488 e. The van der Waals surface area contributed by atoms with E-state index in [1.54, 1.807) is 11.1 Å². The molecule has 0 bridgehead atoms. The molecule has 3 rings (SSSR count). The summed E-state index contributed by atoms with van der Waals surface area (Å²) in [5.74, 6) is 0.805. The van der Waals surface area contributed by atoms with Gasteiger partial charge in [-0.05, 0) is 39.3 Å². The highest BCUT2D eigenvalue weighted by Gasteiger charge is 2.29. The van der Waals surface area contributed by atoms with Crippen molar-refractivity contribution < 1.29 is 14.3 Å². The van der Waals surface area contributed by atoms with Gasteiger partial charge in [0.05, 0.1) is 18.6 Å². The molecule has 0 saturated heterocycles. The molecule has 0 spiro atoms. The Morgan fingerprint density at radius 2 is 2.21 bits per heavy atom. The number of carbonyl (C=O) groups excluding carboxylic acids is 1. The van der Waals surface area contributed by atoms with Gasteiger partial charge in [-0.2, -0.15) is 0 Å². The normalized spacial score (nSPS) is 17.8. The van der Waals surface area contributed by atoms with Gasteiger partial charge in [-0.25, -0.2) is 4.79 Å². The van der Waals surface area contributed by atoms with E-state index in [1.807, 2.05) is 45.0 Å². The summed E-state index contributed by atoms with van der Waals surface area (Å²) in [4.78, 5) is 18.7. The van der Waals surface area contributed by atoms with Crippen LogP contribution in [0.3, 0.4) is 0 Å². The van der Waals surface area contributed by atoms with Gasteiger partial charge in [0, 0.05) is 23.2 Å². The van der Waals surface area contributed by atoms with Crippen molar-refractivity contribution in [2.24, 2.45) is 0 Å². The van der Waals surface area contributed by atoms with Crippen LogP contribution in [-0.4, -0.2) is 34.2 Å². The van der Waals surface area contributed by atoms with Crippen LogP contribution >= 0.6 is 0 Å². The molecule has 5 heteroatoms. The lowest BCUT2D eigenvalue weighted by molar-refractivity contribution is 0.0177. The monoisotopic (exact) mass is 328 g/mol. The smallest absolute Gasteiger partial charge is 0.410 e. The molecule has 1 aliphatic rings. The zero-order valence-electron chi connectivity index (χ0n) is 14.7. The molecular formula is C19H24N2O3. The molecule has 1 aromatic carbocycles. The molecule has 1 amide bonds. The molecule has 2 aromatic rings. The van der Waals surface area contributed by atoms with Crippen molar-refractivity contribution in [3.63, 3.8) is 0 Å². The predicted molar refractivity (Wildman–Crippen MR) is 93.1 cm³/mol. The van der Waals surface area contributed by atoms with Crippen LogP contribution in [0.5, 0.6) is 5.75 Å². The Hall–Kier alpha value is -2.30. The number of hydrogen-bond acceptors (Lipinski definition) is 4. The van der Waals surface area contributed by atoms with E-state index in [2.05, 4.69) is 11.9 Å². The van der Waals surface area contributed by atoms with Crippen LogP contribution in [0.2, 0.25) is 0 Å². The summed E-state index contributed by atoms with van der Waals surface area (Å²) < 4.78 is 11.7. The van der Waals surface area contributed by atoms with Crippen LogP contribution in [0.25, 0.3) is 10.9 Å². The summed E-state index contributed by atoms with van der Waals surface area (Å²) in [6.45, 7) is 8.69. The van der Waals surface area contributed by atoms with Gasteiger partial charge in [0.25, 0.3) is 0 Å². The van der Waals surface area contributed by atoms with Crippen molar-refractivity contribution in [2.75, 3.05) is 6.54 Å². The molecule has 0 N–H and O–H groups in total. The highest BCUT2D eigenvalue weighted by molar-refractivity contribution is 5.81. The van der Waals surface area contributed by atoms with Crippen molar-refractivity contribution in [1.29, 1.82) is 0 Å². The maximum absolute atomic E-state index is 12.5. The number of benzene rings is 1. The molecule has 0 aliphatic carbocycles. The fourth-order valence-electron chi connectivity index (χ4n) is 2.79. The number of nitrogens with zero attached hydrogens (tertiary/aromatic N) is 2. The van der Waals surface area contributed by atoms with Gasteiger partial charge in [0.1, 0.15) is 17.5 Å². The van der Waals surface area contributed by atoms with Crippen molar-refractivity contribution >= 4 is 17.0 Å². The minimum Gasteiger partial charge on any atom is -0.488 e. The zero-order chi connectivity index (χ0) is 17.3. The number of aromatic nitrogens is 1. The van der Waals surface area contributed by atoms with Gasteiger partial charge >= 0.3 is 6.09 Å². The van der Waals surface area contributed by atoms with E-state index in [-0.39, 0.29) is 12.2 Å². The number of ether oxygens (including phenoxy) is 2. The molecule has 2 heterocycles. The standard InChI is InChI=1S/C19H24N2O3/c1-5-15-12-21(18(22)24-19(2,3)4)11-14-9-13-7-6-8-20-16(13)10-17(14)23-15/h6-10,15H,5,11-12H2,1-4H3/t15-/m1/s1. The maximum Gasteiger partial charge on any atom is 0.410 e. The number of amides is 1. The van der Waals surface area contributed by atoms with E-state index in [0.29, 0.717) is 13.1 Å². The Labute approximate surface area is 142 Å². The van der Waals surface area contributed by atoms with Crippen molar-refractivity contribution in [3.8, 4) is 5.75 Å². The van der Waals surface area contributed by atoms with E-state index >= 15 is 0 Å². The SMILES string of the molecule is CC[C@@H]1CN(C(=O)OC(C)(C)C)Cc2cc3cccnc3cc2O1. The molecule has 128 valence electrons. The Morgan fingerprint density at radius 1 is 1.42 bits per heavy atom. The Kier molecular flexibility index (Phi) is 4.35. The van der Waals surface area contributed by atoms with Gasteiger partial charge in [0.2, 0.25) is 0 Å². The minimum absolute atomic E-state index is 0.0556. The average Bonchev–Trinajstić information content (AvgIpc) is 2.69. The van der Waals surface area contributed by atoms with Crippen LogP contribution in [0.4, 0.5) is 4.79 Å². The predicted octanol–water partition coefficient (Wildman–Crippen LogP) is 4.14. The Balaban J connectivity index is 1.95. The third-order valence-corrected chi connectivity index (χ3v) is 3.97. The lowest BCUT2D eigenvalue weighted by Crippen LogP contribution is -2.40. The van der Waals surface area contributed by atoms with Crippen LogP contribution in [0, 0.1) is 0 Å². The quantitative estimate of drug-likeness (QED) is 0.789. The van der Waals surface area contributed by atoms with Crippen LogP contribution in [0.15, 0.2) is 30.5 Å². The van der Waals surface area contributed by atoms with Crippen LogP contribution in [-0.2, 0) is 11.3 Å². The van der Waals surface area contributed by atoms with Crippen LogP contribution < -0.4 is 4.74 Å².